The van der Waals surface area contributed by atoms with Crippen molar-refractivity contribution in [3.8, 4) is 5.13 Å². The van der Waals surface area contributed by atoms with Crippen LogP contribution in [0.4, 0.5) is 11.4 Å². The van der Waals surface area contributed by atoms with Crippen LogP contribution in [0.5, 0.6) is 0 Å². The van der Waals surface area contributed by atoms with E-state index in [-0.39, 0.29) is 12.3 Å². The molecule has 2 aromatic heterocycles. The molecule has 0 saturated carbocycles. The predicted octanol–water partition coefficient (Wildman–Crippen LogP) is 3.96. The highest BCUT2D eigenvalue weighted by Gasteiger charge is 2.09. The van der Waals surface area contributed by atoms with Crippen LogP contribution in [0.25, 0.3) is 5.13 Å². The summed E-state index contributed by atoms with van der Waals surface area (Å²) in [7, 11) is 0. The monoisotopic (exact) mass is 354 g/mol. The maximum Gasteiger partial charge on any atom is 0.230 e. The fraction of sp³-hybridized carbons (Fsp3) is 0.263. The van der Waals surface area contributed by atoms with Crippen LogP contribution >= 0.6 is 11.3 Å². The highest BCUT2D eigenvalue weighted by molar-refractivity contribution is 7.12. The van der Waals surface area contributed by atoms with Gasteiger partial charge in [-0.15, -0.1) is 11.3 Å². The molecular weight excluding hydrogens is 332 g/mol. The van der Waals surface area contributed by atoms with E-state index in [1.807, 2.05) is 58.7 Å². The van der Waals surface area contributed by atoms with Gasteiger partial charge in [-0.05, 0) is 50.2 Å². The Morgan fingerprint density at radius 2 is 1.84 bits per heavy atom. The van der Waals surface area contributed by atoms with Gasteiger partial charge in [0.2, 0.25) is 5.91 Å². The van der Waals surface area contributed by atoms with Gasteiger partial charge in [0.15, 0.2) is 5.13 Å². The van der Waals surface area contributed by atoms with Crippen LogP contribution in [0.15, 0.2) is 54.2 Å². The second-order valence-electron chi connectivity index (χ2n) is 5.66. The number of carbonyl (C=O) groups is 1. The molecule has 0 aliphatic carbocycles. The van der Waals surface area contributed by atoms with Gasteiger partial charge in [0.1, 0.15) is 0 Å². The average molecular weight is 354 g/mol. The molecule has 0 bridgehead atoms. The molecule has 1 aromatic carbocycles. The fourth-order valence-electron chi connectivity index (χ4n) is 2.67. The third-order valence-electron chi connectivity index (χ3n) is 3.99. The Kier molecular flexibility index (Phi) is 5.50. The Morgan fingerprint density at radius 3 is 2.48 bits per heavy atom. The van der Waals surface area contributed by atoms with Crippen molar-refractivity contribution >= 4 is 28.6 Å². The van der Waals surface area contributed by atoms with E-state index in [1.165, 1.54) is 17.0 Å². The zero-order valence-corrected chi connectivity index (χ0v) is 15.3. The Morgan fingerprint density at radius 1 is 1.16 bits per heavy atom. The van der Waals surface area contributed by atoms with E-state index < -0.39 is 0 Å². The molecule has 2 heterocycles. The van der Waals surface area contributed by atoms with Gasteiger partial charge in [0, 0.05) is 42.2 Å². The first-order valence-electron chi connectivity index (χ1n) is 8.42. The smallest absolute Gasteiger partial charge is 0.230 e. The zero-order valence-electron chi connectivity index (χ0n) is 14.5. The lowest BCUT2D eigenvalue weighted by atomic mass is 10.2. The van der Waals surface area contributed by atoms with Crippen LogP contribution < -0.4 is 10.2 Å². The molecule has 0 fully saturated rings. The largest absolute Gasteiger partial charge is 0.372 e. The van der Waals surface area contributed by atoms with Gasteiger partial charge < -0.3 is 14.8 Å². The van der Waals surface area contributed by atoms with Crippen molar-refractivity contribution < 1.29 is 4.79 Å². The quantitative estimate of drug-likeness (QED) is 0.699. The number of hydrogen-bond donors (Lipinski definition) is 1. The van der Waals surface area contributed by atoms with E-state index in [1.54, 1.807) is 0 Å². The lowest BCUT2D eigenvalue weighted by Gasteiger charge is -2.21. The summed E-state index contributed by atoms with van der Waals surface area (Å²) in [4.78, 5) is 19.0. The number of hydrogen-bond acceptors (Lipinski definition) is 4. The van der Waals surface area contributed by atoms with E-state index in [4.69, 9.17) is 0 Å². The molecule has 0 radical (unpaired) electrons. The topological polar surface area (TPSA) is 50.2 Å². The number of carbonyl (C=O) groups excluding carboxylic acids is 1. The molecule has 1 N–H and O–H groups in total. The highest BCUT2D eigenvalue weighted by atomic mass is 32.1. The average Bonchev–Trinajstić information content (AvgIpc) is 3.29. The minimum Gasteiger partial charge on any atom is -0.372 e. The van der Waals surface area contributed by atoms with Gasteiger partial charge in [-0.3, -0.25) is 4.79 Å². The number of nitrogens with one attached hydrogen (secondary N) is 1. The maximum absolute atomic E-state index is 12.2. The lowest BCUT2D eigenvalue weighted by Crippen LogP contribution is -2.21. The minimum atomic E-state index is -0.0556. The summed E-state index contributed by atoms with van der Waals surface area (Å²) in [6.07, 6.45) is 4.16. The Hall–Kier alpha value is -2.60. The van der Waals surface area contributed by atoms with E-state index in [9.17, 15) is 4.79 Å². The standard InChI is InChI=1S/C19H22N4OS/c1-3-22(4-2)17-9-7-15(8-10-17)20-18(24)13-16-14-25-19(21-16)23-11-5-6-12-23/h5-12,14H,3-4,13H2,1-2H3,(H,20,24). The second-order valence-corrected chi connectivity index (χ2v) is 6.49. The maximum atomic E-state index is 12.2. The fourth-order valence-corrected chi connectivity index (χ4v) is 3.46. The van der Waals surface area contributed by atoms with Crippen LogP contribution in [0, 0.1) is 0 Å². The molecule has 6 heteroatoms. The summed E-state index contributed by atoms with van der Waals surface area (Å²) in [6.45, 7) is 6.20. The third kappa shape index (κ3) is 4.28. The van der Waals surface area contributed by atoms with Crippen molar-refractivity contribution in [1.29, 1.82) is 0 Å². The number of nitrogens with zero attached hydrogens (tertiary/aromatic N) is 3. The first-order valence-corrected chi connectivity index (χ1v) is 9.30. The summed E-state index contributed by atoms with van der Waals surface area (Å²) < 4.78 is 1.94. The second kappa shape index (κ2) is 7.98. The molecule has 0 atom stereocenters. The Labute approximate surface area is 151 Å². The van der Waals surface area contributed by atoms with Crippen LogP contribution in [0.1, 0.15) is 19.5 Å². The highest BCUT2D eigenvalue weighted by Crippen LogP contribution is 2.19. The van der Waals surface area contributed by atoms with Crippen LogP contribution in [-0.2, 0) is 11.2 Å². The molecule has 5 nitrogen and oxygen atoms in total. The van der Waals surface area contributed by atoms with Crippen LogP contribution in [0.2, 0.25) is 0 Å². The lowest BCUT2D eigenvalue weighted by molar-refractivity contribution is -0.115. The number of anilines is 2. The zero-order chi connectivity index (χ0) is 17.6. The van der Waals surface area contributed by atoms with Gasteiger partial charge in [-0.1, -0.05) is 0 Å². The van der Waals surface area contributed by atoms with Crippen molar-refractivity contribution in [2.24, 2.45) is 0 Å². The minimum absolute atomic E-state index is 0.0556. The van der Waals surface area contributed by atoms with E-state index in [2.05, 4.69) is 29.0 Å². The van der Waals surface area contributed by atoms with E-state index >= 15 is 0 Å². The Balaban J connectivity index is 1.59. The normalized spacial score (nSPS) is 10.6. The van der Waals surface area contributed by atoms with Gasteiger partial charge in [0.25, 0.3) is 0 Å². The van der Waals surface area contributed by atoms with Gasteiger partial charge in [-0.2, -0.15) is 0 Å². The molecule has 0 aliphatic rings. The summed E-state index contributed by atoms with van der Waals surface area (Å²) in [5, 5.41) is 5.74. The third-order valence-corrected chi connectivity index (χ3v) is 4.89. The van der Waals surface area contributed by atoms with Gasteiger partial charge in [0.05, 0.1) is 12.1 Å². The summed E-state index contributed by atoms with van der Waals surface area (Å²) >= 11 is 1.53. The molecule has 0 saturated heterocycles. The Bertz CT molecular complexity index is 804. The molecular formula is C19H22N4OS. The molecule has 0 aliphatic heterocycles. The number of amides is 1. The van der Waals surface area contributed by atoms with E-state index in [0.717, 1.165) is 29.6 Å². The molecule has 0 unspecified atom stereocenters. The number of thiazole rings is 1. The molecule has 3 rings (SSSR count). The molecule has 3 aromatic rings. The number of rotatable bonds is 7. The van der Waals surface area contributed by atoms with Crippen molar-refractivity contribution in [3.63, 3.8) is 0 Å². The van der Waals surface area contributed by atoms with Crippen LogP contribution in [-0.4, -0.2) is 28.5 Å². The van der Waals surface area contributed by atoms with E-state index in [0.29, 0.717) is 0 Å². The molecule has 0 spiro atoms. The summed E-state index contributed by atoms with van der Waals surface area (Å²) in [5.74, 6) is -0.0556. The van der Waals surface area contributed by atoms with Crippen molar-refractivity contribution in [2.75, 3.05) is 23.3 Å². The van der Waals surface area contributed by atoms with Crippen molar-refractivity contribution in [1.82, 2.24) is 9.55 Å². The predicted molar refractivity (Wildman–Crippen MR) is 104 cm³/mol. The number of aromatic nitrogens is 2. The molecule has 25 heavy (non-hydrogen) atoms. The van der Waals surface area contributed by atoms with Crippen molar-refractivity contribution in [2.45, 2.75) is 20.3 Å². The SMILES string of the molecule is CCN(CC)c1ccc(NC(=O)Cc2csc(-n3cccc3)n2)cc1. The molecule has 1 amide bonds. The van der Waals surface area contributed by atoms with Crippen LogP contribution in [0.3, 0.4) is 0 Å². The van der Waals surface area contributed by atoms with Gasteiger partial charge in [-0.25, -0.2) is 4.98 Å². The van der Waals surface area contributed by atoms with Gasteiger partial charge >= 0.3 is 0 Å². The van der Waals surface area contributed by atoms with Crippen molar-refractivity contribution in [3.05, 3.63) is 59.9 Å². The first kappa shape index (κ1) is 17.2. The first-order chi connectivity index (χ1) is 12.2. The number of benzene rings is 1. The molecule has 130 valence electrons. The summed E-state index contributed by atoms with van der Waals surface area (Å²) in [5.41, 5.74) is 2.76. The summed E-state index contributed by atoms with van der Waals surface area (Å²) in [6, 6.07) is 11.9.